The zero-order valence-electron chi connectivity index (χ0n) is 9.78. The van der Waals surface area contributed by atoms with Crippen molar-refractivity contribution in [1.82, 2.24) is 9.55 Å². The number of fused-ring (bicyclic) bond motifs is 1. The van der Waals surface area contributed by atoms with E-state index in [9.17, 15) is 0 Å². The molecular weight excluding hydrogens is 394 g/mol. The molecule has 19 heavy (non-hydrogen) atoms. The molecule has 0 aliphatic rings. The number of rotatable bonds is 2. The summed E-state index contributed by atoms with van der Waals surface area (Å²) in [6, 6.07) is 13.9. The van der Waals surface area contributed by atoms with Crippen molar-refractivity contribution in [2.24, 2.45) is 0 Å². The Kier molecular flexibility index (Phi) is 3.69. The molecule has 2 nitrogen and oxygen atoms in total. The molecule has 1 heterocycles. The van der Waals surface area contributed by atoms with Crippen molar-refractivity contribution >= 4 is 56.8 Å². The van der Waals surface area contributed by atoms with E-state index >= 15 is 0 Å². The molecule has 2 aromatic carbocycles. The van der Waals surface area contributed by atoms with Crippen molar-refractivity contribution in [3.63, 3.8) is 0 Å². The predicted octanol–water partition coefficient (Wildman–Crippen LogP) is 5.02. The minimum absolute atomic E-state index is 0.344. The largest absolute Gasteiger partial charge is 0.294 e. The van der Waals surface area contributed by atoms with Gasteiger partial charge in [0.2, 0.25) is 0 Å². The zero-order chi connectivity index (χ0) is 13.4. The van der Waals surface area contributed by atoms with E-state index in [1.165, 1.54) is 0 Å². The number of aromatic nitrogens is 2. The van der Waals surface area contributed by atoms with Crippen molar-refractivity contribution in [3.8, 4) is 5.69 Å². The molecule has 3 rings (SSSR count). The normalized spacial score (nSPS) is 11.1. The summed E-state index contributed by atoms with van der Waals surface area (Å²) in [5.74, 6) is 1.14. The van der Waals surface area contributed by atoms with Gasteiger partial charge in [0.05, 0.1) is 21.9 Å². The molecule has 1 aromatic heterocycles. The Morgan fingerprint density at radius 3 is 2.68 bits per heavy atom. The maximum atomic E-state index is 6.32. The van der Waals surface area contributed by atoms with Gasteiger partial charge in [-0.15, -0.1) is 11.6 Å². The number of halogens is 3. The number of nitrogens with zero attached hydrogens (tertiary/aromatic N) is 2. The average Bonchev–Trinajstić information content (AvgIpc) is 2.78. The summed E-state index contributed by atoms with van der Waals surface area (Å²) in [5, 5.41) is 0.681. The summed E-state index contributed by atoms with van der Waals surface area (Å²) in [4.78, 5) is 4.54. The first-order valence-electron chi connectivity index (χ1n) is 5.68. The highest BCUT2D eigenvalue weighted by Crippen LogP contribution is 2.29. The maximum Gasteiger partial charge on any atom is 0.129 e. The molecule has 0 saturated heterocycles. The molecule has 0 spiro atoms. The molecule has 0 aliphatic carbocycles. The van der Waals surface area contributed by atoms with E-state index in [4.69, 9.17) is 23.2 Å². The smallest absolute Gasteiger partial charge is 0.129 e. The third-order valence-corrected chi connectivity index (χ3v) is 4.10. The molecule has 0 bridgehead atoms. The third kappa shape index (κ3) is 2.35. The second-order valence-electron chi connectivity index (χ2n) is 4.08. The Labute approximate surface area is 134 Å². The minimum atomic E-state index is 0.344. The van der Waals surface area contributed by atoms with Gasteiger partial charge in [-0.05, 0) is 52.9 Å². The molecule has 0 atom stereocenters. The van der Waals surface area contributed by atoms with Gasteiger partial charge in [0, 0.05) is 9.26 Å². The molecule has 0 saturated carbocycles. The van der Waals surface area contributed by atoms with Gasteiger partial charge in [-0.3, -0.25) is 4.57 Å². The molecular formula is C14H9Cl2IN2. The minimum Gasteiger partial charge on any atom is -0.294 e. The van der Waals surface area contributed by atoms with Crippen LogP contribution in [-0.4, -0.2) is 9.55 Å². The lowest BCUT2D eigenvalue weighted by atomic mass is 10.3. The highest BCUT2D eigenvalue weighted by atomic mass is 127. The fourth-order valence-corrected chi connectivity index (χ4v) is 3.08. The highest BCUT2D eigenvalue weighted by molar-refractivity contribution is 14.1. The lowest BCUT2D eigenvalue weighted by Crippen LogP contribution is -1.99. The summed E-state index contributed by atoms with van der Waals surface area (Å²) < 4.78 is 3.18. The van der Waals surface area contributed by atoms with Crippen molar-refractivity contribution in [1.29, 1.82) is 0 Å². The lowest BCUT2D eigenvalue weighted by Gasteiger charge is -2.09. The van der Waals surface area contributed by atoms with Gasteiger partial charge in [-0.2, -0.15) is 0 Å². The van der Waals surface area contributed by atoms with Gasteiger partial charge in [-0.1, -0.05) is 23.7 Å². The first kappa shape index (κ1) is 13.2. The summed E-state index contributed by atoms with van der Waals surface area (Å²) in [6.07, 6.45) is 0. The first-order valence-corrected chi connectivity index (χ1v) is 7.67. The topological polar surface area (TPSA) is 17.8 Å². The van der Waals surface area contributed by atoms with Gasteiger partial charge in [0.1, 0.15) is 5.82 Å². The van der Waals surface area contributed by atoms with Crippen LogP contribution < -0.4 is 0 Å². The van der Waals surface area contributed by atoms with Crippen LogP contribution >= 0.6 is 45.8 Å². The number of hydrogen-bond donors (Lipinski definition) is 0. The van der Waals surface area contributed by atoms with Gasteiger partial charge >= 0.3 is 0 Å². The Bertz CT molecular complexity index is 752. The number of imidazole rings is 1. The number of benzene rings is 2. The van der Waals surface area contributed by atoms with E-state index in [-0.39, 0.29) is 0 Å². The number of hydrogen-bond acceptors (Lipinski definition) is 1. The van der Waals surface area contributed by atoms with Crippen LogP contribution in [0.4, 0.5) is 0 Å². The van der Waals surface area contributed by atoms with Crippen molar-refractivity contribution in [2.75, 3.05) is 0 Å². The van der Waals surface area contributed by atoms with Gasteiger partial charge < -0.3 is 0 Å². The van der Waals surface area contributed by atoms with Crippen LogP contribution in [0.2, 0.25) is 5.02 Å². The van der Waals surface area contributed by atoms with E-state index < -0.39 is 0 Å². The molecule has 3 aromatic rings. The van der Waals surface area contributed by atoms with E-state index in [1.54, 1.807) is 0 Å². The van der Waals surface area contributed by atoms with Crippen LogP contribution in [0, 0.1) is 3.57 Å². The molecule has 0 unspecified atom stereocenters. The van der Waals surface area contributed by atoms with Crippen LogP contribution in [0.3, 0.4) is 0 Å². The second kappa shape index (κ2) is 5.31. The van der Waals surface area contributed by atoms with Gasteiger partial charge in [-0.25, -0.2) is 4.98 Å². The van der Waals surface area contributed by atoms with Crippen molar-refractivity contribution < 1.29 is 0 Å². The fourth-order valence-electron chi connectivity index (χ4n) is 2.12. The van der Waals surface area contributed by atoms with Gasteiger partial charge in [0.15, 0.2) is 0 Å². The predicted molar refractivity (Wildman–Crippen MR) is 88.4 cm³/mol. The zero-order valence-corrected chi connectivity index (χ0v) is 13.4. The standard InChI is InChI=1S/C14H9Cl2IN2/c15-8-13-18-12-6-2-5-11(16)14(12)19(13)10-4-1-3-9(17)7-10/h1-7H,8H2. The summed E-state index contributed by atoms with van der Waals surface area (Å²) in [6.45, 7) is 0. The molecule has 0 radical (unpaired) electrons. The Hall–Kier alpha value is -0.780. The number of alkyl halides is 1. The molecule has 0 amide bonds. The summed E-state index contributed by atoms with van der Waals surface area (Å²) in [5.41, 5.74) is 2.79. The van der Waals surface area contributed by atoms with Crippen LogP contribution in [0.5, 0.6) is 0 Å². The molecule has 0 aliphatic heterocycles. The van der Waals surface area contributed by atoms with Crippen LogP contribution in [0.25, 0.3) is 16.7 Å². The van der Waals surface area contributed by atoms with Crippen LogP contribution in [0.1, 0.15) is 5.82 Å². The number of para-hydroxylation sites is 1. The maximum absolute atomic E-state index is 6.32. The lowest BCUT2D eigenvalue weighted by molar-refractivity contribution is 0.981. The quantitative estimate of drug-likeness (QED) is 0.434. The van der Waals surface area contributed by atoms with E-state index in [0.717, 1.165) is 26.1 Å². The fraction of sp³-hybridized carbons (Fsp3) is 0.0714. The molecule has 0 fully saturated rings. The van der Waals surface area contributed by atoms with E-state index in [1.807, 2.05) is 41.0 Å². The monoisotopic (exact) mass is 402 g/mol. The third-order valence-electron chi connectivity index (χ3n) is 2.88. The van der Waals surface area contributed by atoms with Crippen LogP contribution in [-0.2, 0) is 5.88 Å². The average molecular weight is 403 g/mol. The van der Waals surface area contributed by atoms with Crippen molar-refractivity contribution in [3.05, 3.63) is 56.9 Å². The van der Waals surface area contributed by atoms with Crippen molar-refractivity contribution in [2.45, 2.75) is 5.88 Å². The Morgan fingerprint density at radius 1 is 1.16 bits per heavy atom. The van der Waals surface area contributed by atoms with E-state index in [0.29, 0.717) is 10.9 Å². The Morgan fingerprint density at radius 2 is 1.95 bits per heavy atom. The highest BCUT2D eigenvalue weighted by Gasteiger charge is 2.14. The molecule has 5 heteroatoms. The SMILES string of the molecule is ClCc1nc2cccc(Cl)c2n1-c1cccc(I)c1. The Balaban J connectivity index is 2.38. The van der Waals surface area contributed by atoms with Crippen LogP contribution in [0.15, 0.2) is 42.5 Å². The van der Waals surface area contributed by atoms with E-state index in [2.05, 4.69) is 33.6 Å². The molecule has 0 N–H and O–H groups in total. The second-order valence-corrected chi connectivity index (χ2v) is 6.00. The summed E-state index contributed by atoms with van der Waals surface area (Å²) >= 11 is 14.6. The molecule has 96 valence electrons. The summed E-state index contributed by atoms with van der Waals surface area (Å²) in [7, 11) is 0. The van der Waals surface area contributed by atoms with Gasteiger partial charge in [0.25, 0.3) is 0 Å². The first-order chi connectivity index (χ1) is 9.20.